The van der Waals surface area contributed by atoms with Crippen molar-refractivity contribution in [3.8, 4) is 0 Å². The molecule has 1 unspecified atom stereocenters. The van der Waals surface area contributed by atoms with Gasteiger partial charge in [0.1, 0.15) is 0 Å². The predicted molar refractivity (Wildman–Crippen MR) is 77.3 cm³/mol. The van der Waals surface area contributed by atoms with E-state index in [1.165, 1.54) is 11.1 Å². The molecule has 0 amide bonds. The maximum atomic E-state index is 5.37. The number of aryl methyl sites for hydroxylation is 2. The highest BCUT2D eigenvalue weighted by Crippen LogP contribution is 2.08. The van der Waals surface area contributed by atoms with Crippen LogP contribution in [0.3, 0.4) is 0 Å². The molecule has 4 heteroatoms. The van der Waals surface area contributed by atoms with E-state index >= 15 is 0 Å². The van der Waals surface area contributed by atoms with E-state index in [-0.39, 0.29) is 0 Å². The molecule has 1 atom stereocenters. The normalized spacial score (nSPS) is 18.5. The molecular weight excluding hydrogens is 238 g/mol. The van der Waals surface area contributed by atoms with E-state index in [9.17, 15) is 0 Å². The largest absolute Gasteiger partial charge is 0.379 e. The zero-order chi connectivity index (χ0) is 13.7. The number of ether oxygens (including phenoxy) is 1. The van der Waals surface area contributed by atoms with Crippen LogP contribution in [0.1, 0.15) is 23.7 Å². The summed E-state index contributed by atoms with van der Waals surface area (Å²) in [6.45, 7) is 12.2. The Morgan fingerprint density at radius 1 is 1.37 bits per heavy atom. The number of hydrogen-bond donors (Lipinski definition) is 1. The highest BCUT2D eigenvalue weighted by Gasteiger charge is 2.13. The molecule has 106 valence electrons. The summed E-state index contributed by atoms with van der Waals surface area (Å²) < 4.78 is 5.37. The summed E-state index contributed by atoms with van der Waals surface area (Å²) in [5, 5.41) is 3.58. The van der Waals surface area contributed by atoms with Crippen molar-refractivity contribution in [3.05, 3.63) is 29.1 Å². The standard InChI is InChI=1S/C15H25N3O/c1-12-8-13(2)16-9-15(12)10-17-14(3)11-18-4-6-19-7-5-18/h8-9,14,17H,4-7,10-11H2,1-3H3. The number of pyridine rings is 1. The number of hydrogen-bond acceptors (Lipinski definition) is 4. The third-order valence-electron chi connectivity index (χ3n) is 3.63. The van der Waals surface area contributed by atoms with Gasteiger partial charge in [-0.25, -0.2) is 0 Å². The fourth-order valence-electron chi connectivity index (χ4n) is 2.43. The van der Waals surface area contributed by atoms with Crippen molar-refractivity contribution in [2.45, 2.75) is 33.4 Å². The Labute approximate surface area is 116 Å². The van der Waals surface area contributed by atoms with Crippen LogP contribution in [-0.4, -0.2) is 48.8 Å². The molecule has 0 spiro atoms. The molecule has 19 heavy (non-hydrogen) atoms. The van der Waals surface area contributed by atoms with Crippen molar-refractivity contribution in [2.75, 3.05) is 32.8 Å². The lowest BCUT2D eigenvalue weighted by Gasteiger charge is -2.29. The summed E-state index contributed by atoms with van der Waals surface area (Å²) in [5.74, 6) is 0. The molecular formula is C15H25N3O. The number of nitrogens with zero attached hydrogens (tertiary/aromatic N) is 2. The van der Waals surface area contributed by atoms with Gasteiger partial charge < -0.3 is 10.1 Å². The molecule has 1 saturated heterocycles. The SMILES string of the molecule is Cc1cc(C)c(CNC(C)CN2CCOCC2)cn1. The topological polar surface area (TPSA) is 37.4 Å². The van der Waals surface area contributed by atoms with Gasteiger partial charge in [-0.05, 0) is 38.0 Å². The van der Waals surface area contributed by atoms with Crippen LogP contribution in [0.4, 0.5) is 0 Å². The van der Waals surface area contributed by atoms with Crippen LogP contribution < -0.4 is 5.32 Å². The second-order valence-corrected chi connectivity index (χ2v) is 5.45. The lowest BCUT2D eigenvalue weighted by molar-refractivity contribution is 0.0343. The van der Waals surface area contributed by atoms with Crippen molar-refractivity contribution in [1.29, 1.82) is 0 Å². The Morgan fingerprint density at radius 3 is 2.79 bits per heavy atom. The smallest absolute Gasteiger partial charge is 0.0594 e. The second-order valence-electron chi connectivity index (χ2n) is 5.45. The van der Waals surface area contributed by atoms with Gasteiger partial charge in [0, 0.05) is 44.1 Å². The van der Waals surface area contributed by atoms with Crippen molar-refractivity contribution < 1.29 is 4.74 Å². The monoisotopic (exact) mass is 263 g/mol. The van der Waals surface area contributed by atoms with E-state index in [4.69, 9.17) is 4.74 Å². The fraction of sp³-hybridized carbons (Fsp3) is 0.667. The lowest BCUT2D eigenvalue weighted by Crippen LogP contribution is -2.44. The lowest BCUT2D eigenvalue weighted by atomic mass is 10.1. The number of aromatic nitrogens is 1. The average molecular weight is 263 g/mol. The first-order chi connectivity index (χ1) is 9.15. The quantitative estimate of drug-likeness (QED) is 0.874. The molecule has 0 bridgehead atoms. The zero-order valence-electron chi connectivity index (χ0n) is 12.3. The van der Waals surface area contributed by atoms with Crippen LogP contribution in [0, 0.1) is 13.8 Å². The zero-order valence-corrected chi connectivity index (χ0v) is 12.3. The van der Waals surface area contributed by atoms with Gasteiger partial charge in [-0.2, -0.15) is 0 Å². The Balaban J connectivity index is 1.77. The Kier molecular flexibility index (Phi) is 5.31. The molecule has 1 aliphatic heterocycles. The maximum absolute atomic E-state index is 5.37. The average Bonchev–Trinajstić information content (AvgIpc) is 2.39. The van der Waals surface area contributed by atoms with E-state index in [0.29, 0.717) is 6.04 Å². The Bertz CT molecular complexity index is 402. The van der Waals surface area contributed by atoms with Crippen molar-refractivity contribution in [2.24, 2.45) is 0 Å². The van der Waals surface area contributed by atoms with Gasteiger partial charge >= 0.3 is 0 Å². The first-order valence-corrected chi connectivity index (χ1v) is 7.11. The number of morpholine rings is 1. The summed E-state index contributed by atoms with van der Waals surface area (Å²) in [6, 6.07) is 2.63. The molecule has 0 saturated carbocycles. The highest BCUT2D eigenvalue weighted by molar-refractivity contribution is 5.24. The molecule has 0 radical (unpaired) electrons. The molecule has 2 rings (SSSR count). The van der Waals surface area contributed by atoms with Crippen LogP contribution in [0.25, 0.3) is 0 Å². The molecule has 0 aliphatic carbocycles. The van der Waals surface area contributed by atoms with Crippen molar-refractivity contribution in [1.82, 2.24) is 15.2 Å². The number of nitrogens with one attached hydrogen (secondary N) is 1. The summed E-state index contributed by atoms with van der Waals surface area (Å²) >= 11 is 0. The molecule has 1 aromatic heterocycles. The molecule has 1 fully saturated rings. The third kappa shape index (κ3) is 4.56. The van der Waals surface area contributed by atoms with Gasteiger partial charge in [0.2, 0.25) is 0 Å². The first-order valence-electron chi connectivity index (χ1n) is 7.11. The van der Waals surface area contributed by atoms with Gasteiger partial charge in [0.05, 0.1) is 13.2 Å². The van der Waals surface area contributed by atoms with E-state index in [0.717, 1.165) is 45.1 Å². The van der Waals surface area contributed by atoms with Crippen molar-refractivity contribution in [3.63, 3.8) is 0 Å². The van der Waals surface area contributed by atoms with E-state index in [2.05, 4.69) is 35.1 Å². The summed E-state index contributed by atoms with van der Waals surface area (Å²) in [6.07, 6.45) is 1.99. The minimum Gasteiger partial charge on any atom is -0.379 e. The fourth-order valence-corrected chi connectivity index (χ4v) is 2.43. The van der Waals surface area contributed by atoms with Crippen LogP contribution in [0.15, 0.2) is 12.3 Å². The van der Waals surface area contributed by atoms with Gasteiger partial charge in [-0.1, -0.05) is 0 Å². The molecule has 1 aliphatic rings. The minimum atomic E-state index is 0.485. The highest BCUT2D eigenvalue weighted by atomic mass is 16.5. The Morgan fingerprint density at radius 2 is 2.11 bits per heavy atom. The predicted octanol–water partition coefficient (Wildman–Crippen LogP) is 1.51. The van der Waals surface area contributed by atoms with E-state index in [1.807, 2.05) is 13.1 Å². The van der Waals surface area contributed by atoms with E-state index in [1.54, 1.807) is 0 Å². The minimum absolute atomic E-state index is 0.485. The summed E-state index contributed by atoms with van der Waals surface area (Å²) in [4.78, 5) is 6.83. The van der Waals surface area contributed by atoms with Gasteiger partial charge in [0.25, 0.3) is 0 Å². The number of rotatable bonds is 5. The van der Waals surface area contributed by atoms with Crippen LogP contribution in [0.2, 0.25) is 0 Å². The Hall–Kier alpha value is -0.970. The maximum Gasteiger partial charge on any atom is 0.0594 e. The van der Waals surface area contributed by atoms with Crippen molar-refractivity contribution >= 4 is 0 Å². The molecule has 1 N–H and O–H groups in total. The van der Waals surface area contributed by atoms with Crippen LogP contribution in [0.5, 0.6) is 0 Å². The second kappa shape index (κ2) is 6.98. The molecule has 1 aromatic rings. The van der Waals surface area contributed by atoms with Gasteiger partial charge in [0.15, 0.2) is 0 Å². The molecule has 4 nitrogen and oxygen atoms in total. The molecule has 0 aromatic carbocycles. The van der Waals surface area contributed by atoms with Crippen LogP contribution in [-0.2, 0) is 11.3 Å². The third-order valence-corrected chi connectivity index (χ3v) is 3.63. The summed E-state index contributed by atoms with van der Waals surface area (Å²) in [5.41, 5.74) is 3.70. The van der Waals surface area contributed by atoms with Crippen LogP contribution >= 0.6 is 0 Å². The van der Waals surface area contributed by atoms with Gasteiger partial charge in [-0.15, -0.1) is 0 Å². The summed E-state index contributed by atoms with van der Waals surface area (Å²) in [7, 11) is 0. The van der Waals surface area contributed by atoms with E-state index < -0.39 is 0 Å². The molecule has 2 heterocycles. The first kappa shape index (κ1) is 14.4. The van der Waals surface area contributed by atoms with Gasteiger partial charge in [-0.3, -0.25) is 9.88 Å².